The van der Waals surface area contributed by atoms with E-state index in [4.69, 9.17) is 5.73 Å². The van der Waals surface area contributed by atoms with E-state index in [1.807, 2.05) is 5.38 Å². The maximum Gasteiger partial charge on any atom is 0.258 e. The Morgan fingerprint density at radius 1 is 1.67 bits per heavy atom. The van der Waals surface area contributed by atoms with Crippen LogP contribution in [-0.2, 0) is 0 Å². The lowest BCUT2D eigenvalue weighted by molar-refractivity contribution is 0.100. The molecule has 0 saturated carbocycles. The normalized spacial score (nSPS) is 8.00. The summed E-state index contributed by atoms with van der Waals surface area (Å²) in [7, 11) is 0. The van der Waals surface area contributed by atoms with Crippen LogP contribution in [0.3, 0.4) is 0 Å². The van der Waals surface area contributed by atoms with Crippen molar-refractivity contribution in [2.45, 2.75) is 0 Å². The highest BCUT2D eigenvalue weighted by molar-refractivity contribution is 7.12. The monoisotopic (exact) mass is 163 g/mol. The van der Waals surface area contributed by atoms with Crippen molar-refractivity contribution in [2.75, 3.05) is 0 Å². The van der Waals surface area contributed by atoms with Crippen molar-refractivity contribution >= 4 is 29.7 Å². The maximum atomic E-state index is 10.3. The molecule has 0 atom stereocenters. The minimum absolute atomic E-state index is 0. The van der Waals surface area contributed by atoms with Crippen LogP contribution in [0.1, 0.15) is 9.67 Å². The lowest BCUT2D eigenvalue weighted by Gasteiger charge is -1.80. The van der Waals surface area contributed by atoms with Crippen LogP contribution in [0.2, 0.25) is 0 Å². The number of carbonyl (C=O) groups excluding carboxylic acids is 1. The number of primary amides is 1. The van der Waals surface area contributed by atoms with Crippen molar-refractivity contribution in [1.29, 1.82) is 0 Å². The second kappa shape index (κ2) is 3.48. The van der Waals surface area contributed by atoms with Crippen LogP contribution in [0, 0.1) is 0 Å². The minimum Gasteiger partial charge on any atom is -0.365 e. The van der Waals surface area contributed by atoms with Gasteiger partial charge in [-0.1, -0.05) is 6.07 Å². The molecule has 9 heavy (non-hydrogen) atoms. The molecule has 50 valence electrons. The summed E-state index contributed by atoms with van der Waals surface area (Å²) in [6.45, 7) is 0. The van der Waals surface area contributed by atoms with Gasteiger partial charge in [0.05, 0.1) is 4.88 Å². The third-order valence-electron chi connectivity index (χ3n) is 0.764. The molecule has 0 spiro atoms. The van der Waals surface area contributed by atoms with Crippen molar-refractivity contribution < 1.29 is 4.79 Å². The first-order chi connectivity index (χ1) is 3.80. The Hall–Kier alpha value is -0.540. The summed E-state index contributed by atoms with van der Waals surface area (Å²) in [5.41, 5.74) is 4.93. The Morgan fingerprint density at radius 2 is 2.33 bits per heavy atom. The Bertz CT molecular complexity index is 185. The van der Waals surface area contributed by atoms with Gasteiger partial charge >= 0.3 is 0 Å². The molecule has 0 aromatic carbocycles. The van der Waals surface area contributed by atoms with Gasteiger partial charge in [0.25, 0.3) is 5.91 Å². The van der Waals surface area contributed by atoms with Gasteiger partial charge in [0.1, 0.15) is 0 Å². The van der Waals surface area contributed by atoms with Gasteiger partial charge in [-0.3, -0.25) is 4.79 Å². The number of nitrogens with two attached hydrogens (primary N) is 1. The molecule has 0 aliphatic rings. The van der Waals surface area contributed by atoms with Gasteiger partial charge in [0.2, 0.25) is 0 Å². The summed E-state index contributed by atoms with van der Waals surface area (Å²) in [5, 5.41) is 1.82. The average molecular weight is 164 g/mol. The van der Waals surface area contributed by atoms with Crippen LogP contribution >= 0.6 is 23.7 Å². The summed E-state index contributed by atoms with van der Waals surface area (Å²) < 4.78 is 0. The molecule has 2 nitrogen and oxygen atoms in total. The van der Waals surface area contributed by atoms with Gasteiger partial charge in [-0.25, -0.2) is 0 Å². The zero-order chi connectivity index (χ0) is 5.98. The summed E-state index contributed by atoms with van der Waals surface area (Å²) in [5.74, 6) is -0.347. The van der Waals surface area contributed by atoms with Gasteiger partial charge < -0.3 is 5.73 Å². The molecule has 0 aliphatic carbocycles. The van der Waals surface area contributed by atoms with Crippen LogP contribution in [-0.4, -0.2) is 5.91 Å². The van der Waals surface area contributed by atoms with E-state index in [-0.39, 0.29) is 18.3 Å². The van der Waals surface area contributed by atoms with E-state index in [0.717, 1.165) is 0 Å². The Morgan fingerprint density at radius 3 is 2.56 bits per heavy atom. The van der Waals surface area contributed by atoms with Crippen molar-refractivity contribution in [1.82, 2.24) is 0 Å². The molecule has 2 N–H and O–H groups in total. The first-order valence-electron chi connectivity index (χ1n) is 2.14. The van der Waals surface area contributed by atoms with E-state index in [1.54, 1.807) is 12.1 Å². The number of halogens is 1. The van der Waals surface area contributed by atoms with Gasteiger partial charge in [0, 0.05) is 0 Å². The van der Waals surface area contributed by atoms with Crippen molar-refractivity contribution in [2.24, 2.45) is 5.73 Å². The van der Waals surface area contributed by atoms with Gasteiger partial charge in [-0.05, 0) is 11.4 Å². The van der Waals surface area contributed by atoms with E-state index >= 15 is 0 Å². The standard InChI is InChI=1S/C5H5NOS.ClH/c6-5(7)4-2-1-3-8-4;/h1-3H,(H2,6,7);1H. The summed E-state index contributed by atoms with van der Waals surface area (Å²) in [4.78, 5) is 10.9. The van der Waals surface area contributed by atoms with E-state index in [2.05, 4.69) is 0 Å². The highest BCUT2D eigenvalue weighted by Gasteiger charge is 1.96. The third-order valence-corrected chi connectivity index (χ3v) is 1.65. The van der Waals surface area contributed by atoms with Crippen LogP contribution in [0.4, 0.5) is 0 Å². The van der Waals surface area contributed by atoms with E-state index in [0.29, 0.717) is 4.88 Å². The first kappa shape index (κ1) is 8.46. The quantitative estimate of drug-likeness (QED) is 0.666. The molecule has 1 rings (SSSR count). The van der Waals surface area contributed by atoms with Gasteiger partial charge in [0.15, 0.2) is 0 Å². The Labute approximate surface area is 63.1 Å². The number of thiophene rings is 1. The smallest absolute Gasteiger partial charge is 0.258 e. The molecular formula is C5H6ClNOS. The molecule has 0 fully saturated rings. The Kier molecular flexibility index (Phi) is 3.27. The molecule has 1 amide bonds. The molecule has 0 unspecified atom stereocenters. The molecule has 0 aliphatic heterocycles. The lowest BCUT2D eigenvalue weighted by Crippen LogP contribution is -2.07. The molecule has 1 aromatic rings. The second-order valence-electron chi connectivity index (χ2n) is 1.34. The summed E-state index contributed by atoms with van der Waals surface area (Å²) >= 11 is 1.36. The largest absolute Gasteiger partial charge is 0.365 e. The zero-order valence-corrected chi connectivity index (χ0v) is 6.17. The first-order valence-corrected chi connectivity index (χ1v) is 3.02. The van der Waals surface area contributed by atoms with Crippen LogP contribution in [0.25, 0.3) is 0 Å². The van der Waals surface area contributed by atoms with Crippen molar-refractivity contribution in [3.63, 3.8) is 0 Å². The van der Waals surface area contributed by atoms with Crippen molar-refractivity contribution in [3.8, 4) is 0 Å². The second-order valence-corrected chi connectivity index (χ2v) is 2.29. The number of amides is 1. The molecule has 1 heterocycles. The Balaban J connectivity index is 0.000000640. The SMILES string of the molecule is Cl.NC(=O)c1cccs1. The molecular weight excluding hydrogens is 158 g/mol. The van der Waals surface area contributed by atoms with Crippen LogP contribution in [0.15, 0.2) is 17.5 Å². The average Bonchev–Trinajstić information content (AvgIpc) is 2.12. The van der Waals surface area contributed by atoms with Crippen LogP contribution in [0.5, 0.6) is 0 Å². The molecule has 0 radical (unpaired) electrons. The fourth-order valence-electron chi connectivity index (χ4n) is 0.419. The highest BCUT2D eigenvalue weighted by Crippen LogP contribution is 2.05. The lowest BCUT2D eigenvalue weighted by atomic mass is 10.5. The van der Waals surface area contributed by atoms with Gasteiger partial charge in [-0.15, -0.1) is 23.7 Å². The molecule has 4 heteroatoms. The van der Waals surface area contributed by atoms with E-state index in [9.17, 15) is 4.79 Å². The predicted molar refractivity (Wildman–Crippen MR) is 40.1 cm³/mol. The fourth-order valence-corrected chi connectivity index (χ4v) is 0.996. The van der Waals surface area contributed by atoms with Crippen LogP contribution < -0.4 is 5.73 Å². The number of rotatable bonds is 1. The number of carbonyl (C=O) groups is 1. The molecule has 0 bridgehead atoms. The fraction of sp³-hybridized carbons (Fsp3) is 0. The third kappa shape index (κ3) is 2.03. The number of hydrogen-bond acceptors (Lipinski definition) is 2. The van der Waals surface area contributed by atoms with Crippen molar-refractivity contribution in [3.05, 3.63) is 22.4 Å². The minimum atomic E-state index is -0.347. The molecule has 0 saturated heterocycles. The predicted octanol–water partition coefficient (Wildman–Crippen LogP) is 1.27. The van der Waals surface area contributed by atoms with E-state index < -0.39 is 0 Å². The van der Waals surface area contributed by atoms with E-state index in [1.165, 1.54) is 11.3 Å². The summed E-state index contributed by atoms with van der Waals surface area (Å²) in [6.07, 6.45) is 0. The number of hydrogen-bond donors (Lipinski definition) is 1. The topological polar surface area (TPSA) is 43.1 Å². The molecule has 1 aromatic heterocycles. The van der Waals surface area contributed by atoms with Gasteiger partial charge in [-0.2, -0.15) is 0 Å². The summed E-state index contributed by atoms with van der Waals surface area (Å²) in [6, 6.07) is 3.50. The zero-order valence-electron chi connectivity index (χ0n) is 4.53. The maximum absolute atomic E-state index is 10.3. The highest BCUT2D eigenvalue weighted by atomic mass is 35.5.